The Labute approximate surface area is 101 Å². The summed E-state index contributed by atoms with van der Waals surface area (Å²) in [6.45, 7) is 2.86. The summed E-state index contributed by atoms with van der Waals surface area (Å²) in [6, 6.07) is 7.94. The fourth-order valence-corrected chi connectivity index (χ4v) is 2.45. The molecule has 1 aromatic carbocycles. The van der Waals surface area contributed by atoms with E-state index >= 15 is 0 Å². The molecule has 3 heteroatoms. The van der Waals surface area contributed by atoms with Gasteiger partial charge in [-0.25, -0.2) is 0 Å². The normalized spacial score (nSPS) is 20.1. The van der Waals surface area contributed by atoms with Crippen LogP contribution in [0.15, 0.2) is 24.3 Å². The van der Waals surface area contributed by atoms with Crippen LogP contribution < -0.4 is 0 Å². The van der Waals surface area contributed by atoms with Crippen molar-refractivity contribution in [1.29, 1.82) is 0 Å². The molecule has 2 nitrogen and oxygen atoms in total. The van der Waals surface area contributed by atoms with Gasteiger partial charge in [0.25, 0.3) is 5.91 Å². The predicted octanol–water partition coefficient (Wildman–Crippen LogP) is 2.84. The Kier molecular flexibility index (Phi) is 3.49. The molecule has 0 saturated carbocycles. The SMILES string of the molecule is Cc1ccc(C(=O)N2CCC[C@H]2CCl)cc1. The third-order valence-corrected chi connectivity index (χ3v) is 3.47. The average Bonchev–Trinajstić information content (AvgIpc) is 2.77. The number of aryl methyl sites for hydroxylation is 1. The molecule has 1 aliphatic rings. The third kappa shape index (κ3) is 2.22. The monoisotopic (exact) mass is 237 g/mol. The molecule has 2 rings (SSSR count). The fraction of sp³-hybridized carbons (Fsp3) is 0.462. The Bertz CT molecular complexity index is 374. The van der Waals surface area contributed by atoms with Crippen LogP contribution in [0.5, 0.6) is 0 Å². The van der Waals surface area contributed by atoms with Gasteiger partial charge in [-0.05, 0) is 31.9 Å². The van der Waals surface area contributed by atoms with Crippen LogP contribution >= 0.6 is 11.6 Å². The second-order valence-corrected chi connectivity index (χ2v) is 4.62. The summed E-state index contributed by atoms with van der Waals surface area (Å²) < 4.78 is 0. The molecule has 0 unspecified atom stereocenters. The lowest BCUT2D eigenvalue weighted by atomic mass is 10.1. The highest BCUT2D eigenvalue weighted by atomic mass is 35.5. The van der Waals surface area contributed by atoms with Gasteiger partial charge in [-0.3, -0.25) is 4.79 Å². The van der Waals surface area contributed by atoms with Gasteiger partial charge in [0.1, 0.15) is 0 Å². The maximum Gasteiger partial charge on any atom is 0.254 e. The molecule has 1 aliphatic heterocycles. The second kappa shape index (κ2) is 4.88. The van der Waals surface area contributed by atoms with E-state index in [0.29, 0.717) is 5.88 Å². The Morgan fingerprint density at radius 3 is 2.75 bits per heavy atom. The van der Waals surface area contributed by atoms with E-state index in [9.17, 15) is 4.79 Å². The number of carbonyl (C=O) groups excluding carboxylic acids is 1. The standard InChI is InChI=1S/C13H16ClNO/c1-10-4-6-11(7-5-10)13(16)15-8-2-3-12(15)9-14/h4-7,12H,2-3,8-9H2,1H3/t12-/m0/s1. The summed E-state index contributed by atoms with van der Waals surface area (Å²) in [4.78, 5) is 14.1. The van der Waals surface area contributed by atoms with Gasteiger partial charge in [0, 0.05) is 24.0 Å². The molecule has 1 aromatic rings. The summed E-state index contributed by atoms with van der Waals surface area (Å²) >= 11 is 5.87. The zero-order valence-electron chi connectivity index (χ0n) is 9.45. The summed E-state index contributed by atoms with van der Waals surface area (Å²) in [5, 5.41) is 0. The van der Waals surface area contributed by atoms with Crippen molar-refractivity contribution in [2.45, 2.75) is 25.8 Å². The number of likely N-dealkylation sites (tertiary alicyclic amines) is 1. The maximum absolute atomic E-state index is 12.2. The number of hydrogen-bond donors (Lipinski definition) is 0. The summed E-state index contributed by atoms with van der Waals surface area (Å²) in [7, 11) is 0. The van der Waals surface area contributed by atoms with Crippen molar-refractivity contribution < 1.29 is 4.79 Å². The largest absolute Gasteiger partial charge is 0.334 e. The van der Waals surface area contributed by atoms with E-state index in [-0.39, 0.29) is 11.9 Å². The van der Waals surface area contributed by atoms with Gasteiger partial charge in [-0.15, -0.1) is 11.6 Å². The summed E-state index contributed by atoms with van der Waals surface area (Å²) in [6.07, 6.45) is 2.09. The lowest BCUT2D eigenvalue weighted by molar-refractivity contribution is 0.0749. The fourth-order valence-electron chi connectivity index (χ4n) is 2.13. The lowest BCUT2D eigenvalue weighted by Crippen LogP contribution is -2.36. The third-order valence-electron chi connectivity index (χ3n) is 3.11. The Morgan fingerprint density at radius 1 is 1.44 bits per heavy atom. The summed E-state index contributed by atoms with van der Waals surface area (Å²) in [5.74, 6) is 0.653. The van der Waals surface area contributed by atoms with Crippen molar-refractivity contribution >= 4 is 17.5 Å². The maximum atomic E-state index is 12.2. The molecule has 0 aliphatic carbocycles. The molecule has 1 atom stereocenters. The lowest BCUT2D eigenvalue weighted by Gasteiger charge is -2.22. The molecule has 0 bridgehead atoms. The molecule has 1 saturated heterocycles. The molecule has 1 heterocycles. The van der Waals surface area contributed by atoms with Crippen LogP contribution in [0.1, 0.15) is 28.8 Å². The quantitative estimate of drug-likeness (QED) is 0.725. The zero-order chi connectivity index (χ0) is 11.5. The Balaban J connectivity index is 2.15. The minimum atomic E-state index is 0.114. The zero-order valence-corrected chi connectivity index (χ0v) is 10.2. The first-order valence-electron chi connectivity index (χ1n) is 5.66. The van der Waals surface area contributed by atoms with Gasteiger partial charge in [-0.1, -0.05) is 17.7 Å². The Morgan fingerprint density at radius 2 is 2.12 bits per heavy atom. The highest BCUT2D eigenvalue weighted by Gasteiger charge is 2.28. The average molecular weight is 238 g/mol. The highest BCUT2D eigenvalue weighted by Crippen LogP contribution is 2.21. The number of alkyl halides is 1. The number of amides is 1. The molecule has 0 aromatic heterocycles. The van der Waals surface area contributed by atoms with Gasteiger partial charge < -0.3 is 4.90 Å². The van der Waals surface area contributed by atoms with E-state index in [4.69, 9.17) is 11.6 Å². The number of carbonyl (C=O) groups is 1. The van der Waals surface area contributed by atoms with Crippen LogP contribution in [0.25, 0.3) is 0 Å². The number of nitrogens with zero attached hydrogens (tertiary/aromatic N) is 1. The van der Waals surface area contributed by atoms with E-state index in [2.05, 4.69) is 0 Å². The van der Waals surface area contributed by atoms with Crippen molar-refractivity contribution in [1.82, 2.24) is 4.90 Å². The van der Waals surface area contributed by atoms with Gasteiger partial charge in [0.15, 0.2) is 0 Å². The Hall–Kier alpha value is -1.02. The minimum absolute atomic E-state index is 0.114. The minimum Gasteiger partial charge on any atom is -0.334 e. The first-order valence-corrected chi connectivity index (χ1v) is 6.19. The molecule has 1 amide bonds. The van der Waals surface area contributed by atoms with Crippen molar-refractivity contribution in [3.8, 4) is 0 Å². The molecule has 0 spiro atoms. The van der Waals surface area contributed by atoms with Crippen molar-refractivity contribution in [3.63, 3.8) is 0 Å². The van der Waals surface area contributed by atoms with Crippen molar-refractivity contribution in [3.05, 3.63) is 35.4 Å². The topological polar surface area (TPSA) is 20.3 Å². The van der Waals surface area contributed by atoms with Crippen LogP contribution in [0.2, 0.25) is 0 Å². The smallest absolute Gasteiger partial charge is 0.254 e. The molecule has 0 N–H and O–H groups in total. The van der Waals surface area contributed by atoms with E-state index in [1.807, 2.05) is 36.1 Å². The van der Waals surface area contributed by atoms with E-state index in [0.717, 1.165) is 24.9 Å². The van der Waals surface area contributed by atoms with Crippen LogP contribution in [0, 0.1) is 6.92 Å². The van der Waals surface area contributed by atoms with Gasteiger partial charge in [0.2, 0.25) is 0 Å². The predicted molar refractivity (Wildman–Crippen MR) is 66.0 cm³/mol. The number of benzene rings is 1. The highest BCUT2D eigenvalue weighted by molar-refractivity contribution is 6.18. The molecule has 16 heavy (non-hydrogen) atoms. The number of hydrogen-bond acceptors (Lipinski definition) is 1. The van der Waals surface area contributed by atoms with Crippen LogP contribution in [-0.4, -0.2) is 29.3 Å². The van der Waals surface area contributed by atoms with Gasteiger partial charge >= 0.3 is 0 Å². The molecular weight excluding hydrogens is 222 g/mol. The van der Waals surface area contributed by atoms with Gasteiger partial charge in [0.05, 0.1) is 0 Å². The molecule has 1 fully saturated rings. The van der Waals surface area contributed by atoms with E-state index in [1.165, 1.54) is 5.56 Å². The first kappa shape index (κ1) is 11.5. The molecular formula is C13H16ClNO. The number of halogens is 1. The molecule has 0 radical (unpaired) electrons. The van der Waals surface area contributed by atoms with Crippen LogP contribution in [0.3, 0.4) is 0 Å². The number of rotatable bonds is 2. The van der Waals surface area contributed by atoms with Crippen LogP contribution in [0.4, 0.5) is 0 Å². The van der Waals surface area contributed by atoms with Crippen LogP contribution in [-0.2, 0) is 0 Å². The van der Waals surface area contributed by atoms with E-state index in [1.54, 1.807) is 0 Å². The van der Waals surface area contributed by atoms with Crippen molar-refractivity contribution in [2.75, 3.05) is 12.4 Å². The summed E-state index contributed by atoms with van der Waals surface area (Å²) in [5.41, 5.74) is 1.94. The van der Waals surface area contributed by atoms with Crippen molar-refractivity contribution in [2.24, 2.45) is 0 Å². The molecule has 86 valence electrons. The van der Waals surface area contributed by atoms with Gasteiger partial charge in [-0.2, -0.15) is 0 Å². The second-order valence-electron chi connectivity index (χ2n) is 4.31. The van der Waals surface area contributed by atoms with E-state index < -0.39 is 0 Å². The first-order chi connectivity index (χ1) is 7.72.